The highest BCUT2D eigenvalue weighted by Crippen LogP contribution is 2.16. The van der Waals surface area contributed by atoms with Crippen LogP contribution in [0.3, 0.4) is 0 Å². The molecule has 0 fully saturated rings. The van der Waals surface area contributed by atoms with E-state index in [1.807, 2.05) is 91.0 Å². The lowest BCUT2D eigenvalue weighted by Gasteiger charge is -2.36. The molecule has 0 saturated heterocycles. The van der Waals surface area contributed by atoms with Crippen molar-refractivity contribution in [2.45, 2.75) is 141 Å². The van der Waals surface area contributed by atoms with Crippen molar-refractivity contribution in [1.82, 2.24) is 9.80 Å². The summed E-state index contributed by atoms with van der Waals surface area (Å²) in [5.41, 5.74) is 0. The molecule has 0 aliphatic heterocycles. The summed E-state index contributed by atoms with van der Waals surface area (Å²) in [6.45, 7) is 7.55. The third-order valence-corrected chi connectivity index (χ3v) is 10.4. The summed E-state index contributed by atoms with van der Waals surface area (Å²) < 4.78 is 17.7. The van der Waals surface area contributed by atoms with Gasteiger partial charge in [-0.15, -0.1) is 0 Å². The molecule has 0 spiro atoms. The van der Waals surface area contributed by atoms with Crippen LogP contribution in [0.2, 0.25) is 0 Å². The molecule has 4 unspecified atom stereocenters. The van der Waals surface area contributed by atoms with Gasteiger partial charge in [0.15, 0.2) is 0 Å². The zero-order chi connectivity index (χ0) is 39.9. The smallest absolute Gasteiger partial charge is 0.119 e. The van der Waals surface area contributed by atoms with Crippen LogP contribution in [0.1, 0.15) is 117 Å². The van der Waals surface area contributed by atoms with Gasteiger partial charge in [-0.3, -0.25) is 9.80 Å². The molecule has 4 atom stereocenters. The Morgan fingerprint density at radius 2 is 0.750 bits per heavy atom. The van der Waals surface area contributed by atoms with Crippen molar-refractivity contribution < 1.29 is 29.5 Å². The van der Waals surface area contributed by atoms with Crippen LogP contribution in [0.15, 0.2) is 91.0 Å². The number of nitrogens with zero attached hydrogens (tertiary/aromatic N) is 2. The van der Waals surface area contributed by atoms with Crippen molar-refractivity contribution in [1.29, 1.82) is 0 Å². The Bertz CT molecular complexity index is 1250. The lowest BCUT2D eigenvalue weighted by molar-refractivity contribution is 0.00426. The van der Waals surface area contributed by atoms with E-state index in [1.165, 1.54) is 89.9 Å². The van der Waals surface area contributed by atoms with Crippen LogP contribution in [-0.4, -0.2) is 102 Å². The van der Waals surface area contributed by atoms with Gasteiger partial charge in [-0.05, 0) is 56.3 Å². The van der Waals surface area contributed by atoms with Crippen LogP contribution in [0.5, 0.6) is 17.2 Å². The van der Waals surface area contributed by atoms with E-state index in [0.717, 1.165) is 25.1 Å². The number of aliphatic hydroxyl groups excluding tert-OH is 3. The maximum absolute atomic E-state index is 11.1. The van der Waals surface area contributed by atoms with E-state index < -0.39 is 18.3 Å². The monoisotopic (exact) mass is 777 g/mol. The average Bonchev–Trinajstić information content (AvgIpc) is 3.22. The van der Waals surface area contributed by atoms with E-state index in [1.54, 1.807) is 0 Å². The first-order valence-electron chi connectivity index (χ1n) is 22.0. The van der Waals surface area contributed by atoms with Gasteiger partial charge in [0.25, 0.3) is 0 Å². The van der Waals surface area contributed by atoms with E-state index >= 15 is 0 Å². The molecule has 3 rings (SSSR count). The van der Waals surface area contributed by atoms with Crippen LogP contribution in [-0.2, 0) is 0 Å². The highest BCUT2D eigenvalue weighted by molar-refractivity contribution is 5.22. The van der Waals surface area contributed by atoms with E-state index in [2.05, 4.69) is 23.6 Å². The number of aliphatic hydroxyl groups is 3. The molecule has 0 aliphatic carbocycles. The minimum atomic E-state index is -0.765. The van der Waals surface area contributed by atoms with Gasteiger partial charge < -0.3 is 29.5 Å². The normalized spacial score (nSPS) is 13.8. The van der Waals surface area contributed by atoms with Crippen LogP contribution in [0.4, 0.5) is 0 Å². The average molecular weight is 777 g/mol. The second kappa shape index (κ2) is 30.9. The maximum atomic E-state index is 11.1. The van der Waals surface area contributed by atoms with Crippen LogP contribution < -0.4 is 14.2 Å². The lowest BCUT2D eigenvalue weighted by atomic mass is 10.0. The van der Waals surface area contributed by atoms with Gasteiger partial charge in [0.2, 0.25) is 0 Å². The molecule has 0 aromatic heterocycles. The fraction of sp³-hybridized carbons (Fsp3) is 0.625. The Hall–Kier alpha value is -3.14. The second-order valence-corrected chi connectivity index (χ2v) is 15.7. The number of ether oxygens (including phenoxy) is 3. The molecule has 0 heterocycles. The summed E-state index contributed by atoms with van der Waals surface area (Å²) >= 11 is 0. The summed E-state index contributed by atoms with van der Waals surface area (Å²) in [5, 5.41) is 33.4. The third-order valence-electron chi connectivity index (χ3n) is 10.4. The van der Waals surface area contributed by atoms with Gasteiger partial charge in [-0.1, -0.05) is 158 Å². The molecule has 3 aromatic rings. The number of hydrogen-bond acceptors (Lipinski definition) is 8. The quantitative estimate of drug-likeness (QED) is 0.0509. The molecule has 0 radical (unpaired) electrons. The Morgan fingerprint density at radius 1 is 0.429 bits per heavy atom. The topological polar surface area (TPSA) is 94.9 Å². The summed E-state index contributed by atoms with van der Waals surface area (Å²) in [4.78, 5) is 4.44. The van der Waals surface area contributed by atoms with Gasteiger partial charge in [-0.2, -0.15) is 0 Å². The molecule has 3 N–H and O–H groups in total. The minimum absolute atomic E-state index is 0.0314. The Balaban J connectivity index is 1.49. The molecule has 314 valence electrons. The predicted octanol–water partition coefficient (Wildman–Crippen LogP) is 9.56. The number of para-hydroxylation sites is 3. The minimum Gasteiger partial charge on any atom is -0.491 e. The number of hydrogen-bond donors (Lipinski definition) is 3. The SMILES string of the molecule is CCCCCCCCCCCCCCCCCCN(CC(O)COc1ccccc1)CC(C)N(CC(O)COc1ccccc1)CC(O)COc1ccccc1. The summed E-state index contributed by atoms with van der Waals surface area (Å²) in [6, 6.07) is 28.6. The second-order valence-electron chi connectivity index (χ2n) is 15.7. The van der Waals surface area contributed by atoms with Gasteiger partial charge in [-0.25, -0.2) is 0 Å². The first-order valence-corrected chi connectivity index (χ1v) is 22.0. The van der Waals surface area contributed by atoms with E-state index in [0.29, 0.717) is 37.7 Å². The molecule has 0 amide bonds. The molecular formula is C48H76N2O6. The van der Waals surface area contributed by atoms with Crippen molar-refractivity contribution >= 4 is 0 Å². The number of unbranched alkanes of at least 4 members (excludes halogenated alkanes) is 15. The van der Waals surface area contributed by atoms with E-state index in [-0.39, 0.29) is 25.9 Å². The molecular weight excluding hydrogens is 701 g/mol. The van der Waals surface area contributed by atoms with Crippen molar-refractivity contribution in [3.8, 4) is 17.2 Å². The number of rotatable bonds is 35. The molecule has 8 nitrogen and oxygen atoms in total. The van der Waals surface area contributed by atoms with E-state index in [4.69, 9.17) is 14.2 Å². The molecule has 56 heavy (non-hydrogen) atoms. The Morgan fingerprint density at radius 3 is 1.11 bits per heavy atom. The largest absolute Gasteiger partial charge is 0.491 e. The van der Waals surface area contributed by atoms with Crippen LogP contribution >= 0.6 is 0 Å². The first-order chi connectivity index (χ1) is 27.4. The molecule has 0 bridgehead atoms. The molecule has 8 heteroatoms. The van der Waals surface area contributed by atoms with Gasteiger partial charge in [0.05, 0.1) is 0 Å². The lowest BCUT2D eigenvalue weighted by Crippen LogP contribution is -2.51. The molecule has 0 saturated carbocycles. The standard InChI is InChI=1S/C48H76N2O6/c1-3-4-5-6-7-8-9-10-11-12-13-14-15-16-17-27-34-49(36-43(51)39-54-46-28-21-18-22-29-46)35-42(2)50(37-44(52)40-55-47-30-23-19-24-31-47)38-45(53)41-56-48-32-25-20-26-33-48/h18-26,28-33,42-45,51-53H,3-17,27,34-41H2,1-2H3. The Kier molecular flexibility index (Phi) is 26.1. The van der Waals surface area contributed by atoms with Crippen molar-refractivity contribution in [3.63, 3.8) is 0 Å². The highest BCUT2D eigenvalue weighted by Gasteiger charge is 2.24. The van der Waals surface area contributed by atoms with E-state index in [9.17, 15) is 15.3 Å². The summed E-state index contributed by atoms with van der Waals surface area (Å²) in [5.74, 6) is 2.16. The molecule has 0 aliphatic rings. The first kappa shape index (κ1) is 47.2. The highest BCUT2D eigenvalue weighted by atomic mass is 16.5. The zero-order valence-corrected chi connectivity index (χ0v) is 34.9. The van der Waals surface area contributed by atoms with Gasteiger partial charge >= 0.3 is 0 Å². The van der Waals surface area contributed by atoms with Crippen molar-refractivity contribution in [3.05, 3.63) is 91.0 Å². The maximum Gasteiger partial charge on any atom is 0.119 e. The Labute approximate surface area is 340 Å². The van der Waals surface area contributed by atoms with Crippen molar-refractivity contribution in [2.24, 2.45) is 0 Å². The molecule has 3 aromatic carbocycles. The fourth-order valence-electron chi connectivity index (χ4n) is 7.19. The van der Waals surface area contributed by atoms with Gasteiger partial charge in [0, 0.05) is 32.2 Å². The number of benzene rings is 3. The summed E-state index contributed by atoms with van der Waals surface area (Å²) in [7, 11) is 0. The predicted molar refractivity (Wildman–Crippen MR) is 231 cm³/mol. The fourth-order valence-corrected chi connectivity index (χ4v) is 7.19. The van der Waals surface area contributed by atoms with Gasteiger partial charge in [0.1, 0.15) is 55.4 Å². The summed E-state index contributed by atoms with van der Waals surface area (Å²) in [6.07, 6.45) is 19.1. The van der Waals surface area contributed by atoms with Crippen molar-refractivity contribution in [2.75, 3.05) is 52.5 Å². The van der Waals surface area contributed by atoms with Crippen LogP contribution in [0.25, 0.3) is 0 Å². The zero-order valence-electron chi connectivity index (χ0n) is 34.9. The van der Waals surface area contributed by atoms with Crippen LogP contribution in [0, 0.1) is 0 Å². The third kappa shape index (κ3) is 23.2.